The molecular weight excluding hydrogens is 548 g/mol. The van der Waals surface area contributed by atoms with Crippen LogP contribution >= 0.6 is 0 Å². The maximum atomic E-state index is 13.1. The smallest absolute Gasteiger partial charge is 0.186 e. The van der Waals surface area contributed by atoms with Crippen molar-refractivity contribution in [2.45, 2.75) is 6.54 Å². The number of methoxy groups -OCH3 is 2. The number of fused-ring (bicyclic) bond motifs is 2. The first kappa shape index (κ1) is 27.9. The van der Waals surface area contributed by atoms with E-state index in [9.17, 15) is 9.59 Å². The quantitative estimate of drug-likeness (QED) is 0.217. The summed E-state index contributed by atoms with van der Waals surface area (Å²) in [5.74, 6) is 2.00. The highest BCUT2D eigenvalue weighted by molar-refractivity contribution is 6.34. The first-order valence-corrected chi connectivity index (χ1v) is 13.8. The molecule has 0 atom stereocenters. The number of para-hydroxylation sites is 1. The number of aromatic nitrogens is 2. The van der Waals surface area contributed by atoms with Crippen LogP contribution in [0.4, 0.5) is 17.2 Å². The van der Waals surface area contributed by atoms with Gasteiger partial charge in [-0.05, 0) is 48.6 Å². The number of ether oxygens (including phenoxy) is 4. The molecule has 2 aliphatic rings. The molecular formula is C33H30N4O6. The van der Waals surface area contributed by atoms with Crippen molar-refractivity contribution in [3.05, 3.63) is 90.3 Å². The Hall–Kier alpha value is -5.22. The number of hydrogen-bond acceptors (Lipinski definition) is 10. The molecule has 0 amide bonds. The van der Waals surface area contributed by atoms with Gasteiger partial charge in [-0.3, -0.25) is 9.59 Å². The largest absolute Gasteiger partial charge is 0.493 e. The Morgan fingerprint density at radius 2 is 1.86 bits per heavy atom. The number of nitrogens with zero attached hydrogens (tertiary/aromatic N) is 3. The number of nitrogens with one attached hydrogen (secondary N) is 1. The van der Waals surface area contributed by atoms with Gasteiger partial charge in [0, 0.05) is 53.2 Å². The highest BCUT2D eigenvalue weighted by Crippen LogP contribution is 2.38. The Kier molecular flexibility index (Phi) is 8.01. The van der Waals surface area contributed by atoms with Gasteiger partial charge in [0.1, 0.15) is 31.1 Å². The molecule has 2 heterocycles. The van der Waals surface area contributed by atoms with Gasteiger partial charge in [-0.1, -0.05) is 18.2 Å². The summed E-state index contributed by atoms with van der Waals surface area (Å²) in [4.78, 5) is 36.5. The van der Waals surface area contributed by atoms with Gasteiger partial charge in [0.25, 0.3) is 0 Å². The van der Waals surface area contributed by atoms with Gasteiger partial charge in [-0.25, -0.2) is 9.97 Å². The minimum Gasteiger partial charge on any atom is -0.493 e. The molecule has 10 nitrogen and oxygen atoms in total. The molecule has 43 heavy (non-hydrogen) atoms. The minimum atomic E-state index is -0.235. The van der Waals surface area contributed by atoms with E-state index >= 15 is 0 Å². The number of benzene rings is 3. The van der Waals surface area contributed by atoms with Gasteiger partial charge >= 0.3 is 0 Å². The third kappa shape index (κ3) is 5.91. The topological polar surface area (TPSA) is 112 Å². The van der Waals surface area contributed by atoms with Crippen LogP contribution in [0.2, 0.25) is 0 Å². The second-order valence-electron chi connectivity index (χ2n) is 9.98. The summed E-state index contributed by atoms with van der Waals surface area (Å²) in [5.41, 5.74) is 4.17. The average Bonchev–Trinajstić information content (AvgIpc) is 3.25. The average molecular weight is 579 g/mol. The van der Waals surface area contributed by atoms with E-state index in [4.69, 9.17) is 18.9 Å². The molecule has 218 valence electrons. The highest BCUT2D eigenvalue weighted by Gasteiger charge is 2.24. The van der Waals surface area contributed by atoms with E-state index in [1.54, 1.807) is 20.3 Å². The summed E-state index contributed by atoms with van der Waals surface area (Å²) >= 11 is 0. The summed E-state index contributed by atoms with van der Waals surface area (Å²) < 4.78 is 22.5. The molecule has 4 aromatic rings. The van der Waals surface area contributed by atoms with Crippen LogP contribution in [0.3, 0.4) is 0 Å². The van der Waals surface area contributed by atoms with Gasteiger partial charge in [0.15, 0.2) is 23.1 Å². The molecule has 1 aromatic heterocycles. The lowest BCUT2D eigenvalue weighted by Gasteiger charge is -2.26. The van der Waals surface area contributed by atoms with Gasteiger partial charge in [0.2, 0.25) is 0 Å². The van der Waals surface area contributed by atoms with Crippen LogP contribution in [0.1, 0.15) is 11.1 Å². The molecule has 0 saturated carbocycles. The summed E-state index contributed by atoms with van der Waals surface area (Å²) in [5, 5.41) is 4.10. The molecule has 0 bridgehead atoms. The van der Waals surface area contributed by atoms with E-state index in [2.05, 4.69) is 20.2 Å². The Morgan fingerprint density at radius 1 is 0.977 bits per heavy atom. The second kappa shape index (κ2) is 12.3. The monoisotopic (exact) mass is 578 g/mol. The predicted molar refractivity (Wildman–Crippen MR) is 163 cm³/mol. The summed E-state index contributed by atoms with van der Waals surface area (Å²) in [6.45, 7) is 2.48. The minimum absolute atomic E-state index is 0.234. The van der Waals surface area contributed by atoms with E-state index in [0.717, 1.165) is 22.4 Å². The first-order chi connectivity index (χ1) is 21.0. The third-order valence-electron chi connectivity index (χ3n) is 7.26. The summed E-state index contributed by atoms with van der Waals surface area (Å²) in [6, 6.07) is 17.3. The number of allylic oxidation sites excluding steroid dienone is 4. The molecule has 1 N–H and O–H groups in total. The zero-order valence-corrected chi connectivity index (χ0v) is 23.8. The fourth-order valence-electron chi connectivity index (χ4n) is 5.16. The lowest BCUT2D eigenvalue weighted by atomic mass is 9.93. The number of hydrogen-bond donors (Lipinski definition) is 1. The number of ketones is 2. The Bertz CT molecular complexity index is 1770. The first-order valence-electron chi connectivity index (χ1n) is 13.8. The van der Waals surface area contributed by atoms with E-state index in [-0.39, 0.29) is 11.6 Å². The molecule has 3 aromatic carbocycles. The van der Waals surface area contributed by atoms with Crippen molar-refractivity contribution >= 4 is 45.2 Å². The van der Waals surface area contributed by atoms with Crippen molar-refractivity contribution in [2.24, 2.45) is 0 Å². The second-order valence-corrected chi connectivity index (χ2v) is 9.98. The lowest BCUT2D eigenvalue weighted by Crippen LogP contribution is -2.26. The van der Waals surface area contributed by atoms with E-state index in [1.165, 1.54) is 24.6 Å². The van der Waals surface area contributed by atoms with Crippen LogP contribution in [0, 0.1) is 0 Å². The molecule has 0 spiro atoms. The number of anilines is 3. The third-order valence-corrected chi connectivity index (χ3v) is 7.26. The fourth-order valence-corrected chi connectivity index (χ4v) is 5.16. The van der Waals surface area contributed by atoms with Crippen LogP contribution in [-0.2, 0) is 20.9 Å². The molecule has 6 rings (SSSR count). The number of carbonyl (C=O) groups excluding carboxylic acids is 2. The standard InChI is InChI=1S/C33H30N4O6/c1-40-13-14-43-32-18-27-26(17-31(32)41-2)33(35-20-34-27)36-22-7-9-28(24(15-22)25-16-23(38)8-10-29(25)39)37-11-12-42-30-6-4-3-5-21(30)19-37/h3-10,15-18,20H,11-14,19H2,1-2H3,(H,34,35,36). The molecule has 0 saturated heterocycles. The lowest BCUT2D eigenvalue weighted by molar-refractivity contribution is -0.113. The summed E-state index contributed by atoms with van der Waals surface area (Å²) in [7, 11) is 3.18. The van der Waals surface area contributed by atoms with Crippen LogP contribution < -0.4 is 24.4 Å². The van der Waals surface area contributed by atoms with Crippen LogP contribution in [0.15, 0.2) is 79.2 Å². The van der Waals surface area contributed by atoms with Crippen LogP contribution in [0.25, 0.3) is 16.5 Å². The number of rotatable bonds is 9. The predicted octanol–water partition coefficient (Wildman–Crippen LogP) is 4.90. The molecule has 0 radical (unpaired) electrons. The summed E-state index contributed by atoms with van der Waals surface area (Å²) in [6.07, 6.45) is 5.47. The van der Waals surface area contributed by atoms with Gasteiger partial charge in [-0.2, -0.15) is 0 Å². The maximum Gasteiger partial charge on any atom is 0.186 e. The van der Waals surface area contributed by atoms with Crippen molar-refractivity contribution in [1.82, 2.24) is 9.97 Å². The van der Waals surface area contributed by atoms with Gasteiger partial charge in [0.05, 0.1) is 25.8 Å². The normalized spacial score (nSPS) is 14.6. The molecule has 10 heteroatoms. The number of carbonyl (C=O) groups is 2. The zero-order chi connectivity index (χ0) is 29.8. The molecule has 1 aliphatic heterocycles. The Balaban J connectivity index is 1.39. The van der Waals surface area contributed by atoms with Crippen molar-refractivity contribution in [2.75, 3.05) is 50.8 Å². The Labute approximate surface area is 248 Å². The zero-order valence-electron chi connectivity index (χ0n) is 23.8. The Morgan fingerprint density at radius 3 is 2.72 bits per heavy atom. The van der Waals surface area contributed by atoms with E-state index in [1.807, 2.05) is 48.5 Å². The fraction of sp³-hybridized carbons (Fsp3) is 0.212. The molecule has 1 aliphatic carbocycles. The van der Waals surface area contributed by atoms with Gasteiger partial charge < -0.3 is 29.2 Å². The van der Waals surface area contributed by atoms with Crippen LogP contribution in [0.5, 0.6) is 17.2 Å². The maximum absolute atomic E-state index is 13.1. The van der Waals surface area contributed by atoms with Crippen molar-refractivity contribution < 1.29 is 28.5 Å². The van der Waals surface area contributed by atoms with Crippen LogP contribution in [-0.4, -0.2) is 62.1 Å². The van der Waals surface area contributed by atoms with E-state index < -0.39 is 0 Å². The SMILES string of the molecule is COCCOc1cc2ncnc(Nc3ccc(N4CCOc5ccccc5C4)c(C4=CC(=O)C=CC4=O)c3)c2cc1OC. The molecule has 0 unspecified atom stereocenters. The van der Waals surface area contributed by atoms with Gasteiger partial charge in [-0.15, -0.1) is 0 Å². The van der Waals surface area contributed by atoms with E-state index in [0.29, 0.717) is 72.6 Å². The van der Waals surface area contributed by atoms with Crippen molar-refractivity contribution in [3.63, 3.8) is 0 Å². The van der Waals surface area contributed by atoms with Crippen molar-refractivity contribution in [3.8, 4) is 17.2 Å². The van der Waals surface area contributed by atoms with Crippen molar-refractivity contribution in [1.29, 1.82) is 0 Å². The molecule has 0 fully saturated rings. The highest BCUT2D eigenvalue weighted by atomic mass is 16.5.